The minimum Gasteiger partial charge on any atom is -0.207 e. The smallest absolute Gasteiger partial charge is 0.127 e. The van der Waals surface area contributed by atoms with Gasteiger partial charge in [0.05, 0.1) is 0 Å². The van der Waals surface area contributed by atoms with Crippen molar-refractivity contribution in [2.45, 2.75) is 13.3 Å². The van der Waals surface area contributed by atoms with Gasteiger partial charge in [0.1, 0.15) is 5.82 Å². The van der Waals surface area contributed by atoms with Gasteiger partial charge in [0.2, 0.25) is 0 Å². The van der Waals surface area contributed by atoms with Crippen molar-refractivity contribution in [3.8, 4) is 11.8 Å². The Labute approximate surface area is 87.6 Å². The Kier molecular flexibility index (Phi) is 4.21. The monoisotopic (exact) mass is 203 g/mol. The van der Waals surface area contributed by atoms with Gasteiger partial charge < -0.3 is 0 Å². The van der Waals surface area contributed by atoms with Crippen LogP contribution in [0, 0.1) is 24.6 Å². The summed E-state index contributed by atoms with van der Waals surface area (Å²) in [6, 6.07) is 4.85. The van der Waals surface area contributed by atoms with E-state index in [-0.39, 0.29) is 5.82 Å². The zero-order valence-corrected chi connectivity index (χ0v) is 8.37. The fourth-order valence-electron chi connectivity index (χ4n) is 0.986. The van der Waals surface area contributed by atoms with Crippen molar-refractivity contribution in [2.24, 2.45) is 5.11 Å². The average Bonchev–Trinajstić information content (AvgIpc) is 2.23. The van der Waals surface area contributed by atoms with Crippen LogP contribution in [-0.4, -0.2) is 6.54 Å². The number of azide groups is 1. The van der Waals surface area contributed by atoms with E-state index in [0.29, 0.717) is 24.1 Å². The van der Waals surface area contributed by atoms with Crippen LogP contribution in [0.4, 0.5) is 4.39 Å². The quantitative estimate of drug-likeness (QED) is 0.233. The van der Waals surface area contributed by atoms with E-state index in [1.807, 2.05) is 0 Å². The molecule has 0 heterocycles. The zero-order chi connectivity index (χ0) is 11.1. The Balaban J connectivity index is 2.64. The maximum absolute atomic E-state index is 13.1. The van der Waals surface area contributed by atoms with E-state index in [0.717, 1.165) is 0 Å². The Hall–Kier alpha value is -1.98. The molecular formula is C11H10FN3. The molecule has 0 unspecified atom stereocenters. The molecule has 15 heavy (non-hydrogen) atoms. The number of rotatable bonds is 2. The van der Waals surface area contributed by atoms with Gasteiger partial charge in [-0.1, -0.05) is 23.0 Å². The molecule has 0 aliphatic carbocycles. The van der Waals surface area contributed by atoms with Gasteiger partial charge in [0.25, 0.3) is 0 Å². The molecule has 0 aliphatic heterocycles. The molecule has 76 valence electrons. The van der Waals surface area contributed by atoms with E-state index < -0.39 is 0 Å². The molecule has 1 rings (SSSR count). The van der Waals surface area contributed by atoms with Crippen molar-refractivity contribution < 1.29 is 4.39 Å². The van der Waals surface area contributed by atoms with Crippen molar-refractivity contribution in [1.82, 2.24) is 0 Å². The number of hydrogen-bond acceptors (Lipinski definition) is 1. The van der Waals surface area contributed by atoms with Crippen molar-refractivity contribution >= 4 is 0 Å². The number of halogens is 1. The van der Waals surface area contributed by atoms with Crippen molar-refractivity contribution in [3.05, 3.63) is 45.6 Å². The van der Waals surface area contributed by atoms with Gasteiger partial charge in [-0.2, -0.15) is 0 Å². The number of nitrogens with zero attached hydrogens (tertiary/aromatic N) is 3. The van der Waals surface area contributed by atoms with E-state index in [1.165, 1.54) is 6.07 Å². The van der Waals surface area contributed by atoms with Gasteiger partial charge in [0, 0.05) is 23.4 Å². The first-order chi connectivity index (χ1) is 7.24. The molecule has 0 fully saturated rings. The molecule has 0 bridgehead atoms. The topological polar surface area (TPSA) is 48.8 Å². The number of aryl methyl sites for hydroxylation is 1. The fraction of sp³-hybridized carbons (Fsp3) is 0.273. The third-order valence-electron chi connectivity index (χ3n) is 1.80. The highest BCUT2D eigenvalue weighted by Gasteiger charge is 1.95. The predicted octanol–water partition coefficient (Wildman–Crippen LogP) is 3.19. The summed E-state index contributed by atoms with van der Waals surface area (Å²) in [4.78, 5) is 2.60. The third kappa shape index (κ3) is 3.72. The molecule has 0 spiro atoms. The lowest BCUT2D eigenvalue weighted by Gasteiger charge is -1.95. The minimum absolute atomic E-state index is 0.253. The van der Waals surface area contributed by atoms with Crippen LogP contribution in [0.15, 0.2) is 23.3 Å². The summed E-state index contributed by atoms with van der Waals surface area (Å²) in [7, 11) is 0. The van der Waals surface area contributed by atoms with Gasteiger partial charge in [0.15, 0.2) is 0 Å². The van der Waals surface area contributed by atoms with Gasteiger partial charge in [-0.05, 0) is 30.2 Å². The molecule has 0 aromatic heterocycles. The standard InChI is InChI=1S/C11H10FN3/c1-9-5-6-10(8-11(9)12)4-2-3-7-14-15-13/h5-6,8H,3,7H2,1H3. The fourth-order valence-corrected chi connectivity index (χ4v) is 0.986. The first-order valence-electron chi connectivity index (χ1n) is 4.50. The van der Waals surface area contributed by atoms with E-state index >= 15 is 0 Å². The Morgan fingerprint density at radius 2 is 2.33 bits per heavy atom. The van der Waals surface area contributed by atoms with Crippen LogP contribution in [0.3, 0.4) is 0 Å². The average molecular weight is 203 g/mol. The summed E-state index contributed by atoms with van der Waals surface area (Å²) in [5.74, 6) is 5.35. The number of hydrogen-bond donors (Lipinski definition) is 0. The van der Waals surface area contributed by atoms with Crippen LogP contribution >= 0.6 is 0 Å². The highest BCUT2D eigenvalue weighted by molar-refractivity contribution is 5.36. The second kappa shape index (κ2) is 5.69. The van der Waals surface area contributed by atoms with Crippen LogP contribution in [0.25, 0.3) is 10.4 Å². The van der Waals surface area contributed by atoms with E-state index in [2.05, 4.69) is 21.9 Å². The summed E-state index contributed by atoms with van der Waals surface area (Å²) in [5.41, 5.74) is 9.25. The van der Waals surface area contributed by atoms with Crippen molar-refractivity contribution in [3.63, 3.8) is 0 Å². The van der Waals surface area contributed by atoms with Gasteiger partial charge in [-0.25, -0.2) is 4.39 Å². The van der Waals surface area contributed by atoms with Gasteiger partial charge in [-0.3, -0.25) is 0 Å². The van der Waals surface area contributed by atoms with Crippen LogP contribution in [0.2, 0.25) is 0 Å². The molecule has 0 radical (unpaired) electrons. The molecule has 0 atom stereocenters. The van der Waals surface area contributed by atoms with Crippen LogP contribution in [-0.2, 0) is 0 Å². The number of benzene rings is 1. The second-order valence-electron chi connectivity index (χ2n) is 2.97. The maximum Gasteiger partial charge on any atom is 0.127 e. The zero-order valence-electron chi connectivity index (χ0n) is 8.37. The summed E-state index contributed by atoms with van der Waals surface area (Å²) < 4.78 is 13.1. The van der Waals surface area contributed by atoms with Crippen molar-refractivity contribution in [2.75, 3.05) is 6.54 Å². The molecule has 4 heteroatoms. The summed E-state index contributed by atoms with van der Waals surface area (Å²) in [6.45, 7) is 2.05. The molecular weight excluding hydrogens is 193 g/mol. The Morgan fingerprint density at radius 1 is 1.53 bits per heavy atom. The molecule has 0 saturated carbocycles. The molecule has 1 aromatic rings. The Morgan fingerprint density at radius 3 is 3.00 bits per heavy atom. The second-order valence-corrected chi connectivity index (χ2v) is 2.97. The largest absolute Gasteiger partial charge is 0.207 e. The third-order valence-corrected chi connectivity index (χ3v) is 1.80. The normalized spacial score (nSPS) is 8.67. The molecule has 0 saturated heterocycles. The lowest BCUT2D eigenvalue weighted by Crippen LogP contribution is -1.83. The summed E-state index contributed by atoms with van der Waals surface area (Å²) >= 11 is 0. The van der Waals surface area contributed by atoms with Crippen molar-refractivity contribution in [1.29, 1.82) is 0 Å². The molecule has 0 aliphatic rings. The molecule has 0 amide bonds. The minimum atomic E-state index is -0.253. The maximum atomic E-state index is 13.1. The van der Waals surface area contributed by atoms with Crippen LogP contribution < -0.4 is 0 Å². The van der Waals surface area contributed by atoms with Gasteiger partial charge >= 0.3 is 0 Å². The lowest BCUT2D eigenvalue weighted by molar-refractivity contribution is 0.618. The van der Waals surface area contributed by atoms with Gasteiger partial charge in [-0.15, -0.1) is 0 Å². The van der Waals surface area contributed by atoms with E-state index in [4.69, 9.17) is 5.53 Å². The molecule has 3 nitrogen and oxygen atoms in total. The lowest BCUT2D eigenvalue weighted by atomic mass is 10.1. The first-order valence-corrected chi connectivity index (χ1v) is 4.50. The van der Waals surface area contributed by atoms with Crippen LogP contribution in [0.1, 0.15) is 17.5 Å². The molecule has 1 aromatic carbocycles. The Bertz CT molecular complexity index is 451. The van der Waals surface area contributed by atoms with E-state index in [1.54, 1.807) is 19.1 Å². The van der Waals surface area contributed by atoms with Crippen LogP contribution in [0.5, 0.6) is 0 Å². The highest BCUT2D eigenvalue weighted by Crippen LogP contribution is 2.07. The first kappa shape index (κ1) is 11.1. The predicted molar refractivity (Wildman–Crippen MR) is 56.6 cm³/mol. The summed E-state index contributed by atoms with van der Waals surface area (Å²) in [5, 5.41) is 3.34. The SMILES string of the molecule is Cc1ccc(C#CCCN=[N+]=[N-])cc1F. The summed E-state index contributed by atoms with van der Waals surface area (Å²) in [6.07, 6.45) is 0.486. The van der Waals surface area contributed by atoms with E-state index in [9.17, 15) is 4.39 Å². The molecule has 0 N–H and O–H groups in total. The highest BCUT2D eigenvalue weighted by atomic mass is 19.1.